The molecule has 2 aromatic carbocycles. The van der Waals surface area contributed by atoms with Gasteiger partial charge in [-0.2, -0.15) is 5.10 Å². The summed E-state index contributed by atoms with van der Waals surface area (Å²) in [5.74, 6) is 0.269. The van der Waals surface area contributed by atoms with E-state index in [-0.39, 0.29) is 23.9 Å². The summed E-state index contributed by atoms with van der Waals surface area (Å²) in [5.41, 5.74) is 2.18. The van der Waals surface area contributed by atoms with Crippen molar-refractivity contribution in [2.45, 2.75) is 33.1 Å². The number of carbonyl (C=O) groups is 2. The molecule has 0 aliphatic carbocycles. The zero-order chi connectivity index (χ0) is 23.3. The van der Waals surface area contributed by atoms with Crippen molar-refractivity contribution in [3.63, 3.8) is 0 Å². The number of likely N-dealkylation sites (N-methyl/N-ethyl adjacent to an activating group) is 1. The van der Waals surface area contributed by atoms with Crippen molar-refractivity contribution in [3.8, 4) is 5.69 Å². The Morgan fingerprint density at radius 1 is 1.03 bits per heavy atom. The minimum atomic E-state index is -0.336. The van der Waals surface area contributed by atoms with E-state index in [1.165, 1.54) is 4.90 Å². The first kappa shape index (κ1) is 23.5. The first-order valence-corrected chi connectivity index (χ1v) is 11.2. The maximum absolute atomic E-state index is 12.8. The number of anilines is 2. The Labute approximate surface area is 196 Å². The van der Waals surface area contributed by atoms with Crippen LogP contribution in [0.5, 0.6) is 0 Å². The highest BCUT2D eigenvalue weighted by molar-refractivity contribution is 9.10. The van der Waals surface area contributed by atoms with Crippen LogP contribution in [-0.2, 0) is 10.2 Å². The second-order valence-corrected chi connectivity index (χ2v) is 9.33. The Hall–Kier alpha value is -3.13. The summed E-state index contributed by atoms with van der Waals surface area (Å²) in [4.78, 5) is 26.9. The number of nitrogens with zero attached hydrogens (tertiary/aromatic N) is 3. The molecule has 7 nitrogen and oxygen atoms in total. The molecule has 0 radical (unpaired) electrons. The third-order valence-electron chi connectivity index (χ3n) is 4.84. The number of hydrogen-bond acceptors (Lipinski definition) is 3. The summed E-state index contributed by atoms with van der Waals surface area (Å²) in [7, 11) is 0. The van der Waals surface area contributed by atoms with Gasteiger partial charge in [-0.05, 0) is 43.3 Å². The van der Waals surface area contributed by atoms with Crippen LogP contribution in [0.1, 0.15) is 33.4 Å². The van der Waals surface area contributed by atoms with E-state index in [2.05, 4.69) is 47.3 Å². The summed E-state index contributed by atoms with van der Waals surface area (Å²) in [6.07, 6.45) is 0. The molecule has 0 spiro atoms. The summed E-state index contributed by atoms with van der Waals surface area (Å²) in [6.45, 7) is 8.36. The van der Waals surface area contributed by atoms with Crippen LogP contribution in [0.3, 0.4) is 0 Å². The van der Waals surface area contributed by atoms with E-state index < -0.39 is 0 Å². The quantitative estimate of drug-likeness (QED) is 0.476. The van der Waals surface area contributed by atoms with E-state index >= 15 is 0 Å². The van der Waals surface area contributed by atoms with Gasteiger partial charge >= 0.3 is 6.03 Å². The van der Waals surface area contributed by atoms with Crippen molar-refractivity contribution >= 4 is 39.4 Å². The lowest BCUT2D eigenvalue weighted by molar-refractivity contribution is -0.116. The van der Waals surface area contributed by atoms with Gasteiger partial charge in [-0.15, -0.1) is 0 Å². The third kappa shape index (κ3) is 5.97. The van der Waals surface area contributed by atoms with Crippen LogP contribution < -0.4 is 10.6 Å². The first-order valence-electron chi connectivity index (χ1n) is 10.4. The zero-order valence-corrected chi connectivity index (χ0v) is 20.3. The predicted molar refractivity (Wildman–Crippen MR) is 131 cm³/mol. The number of urea groups is 1. The number of benzene rings is 2. The minimum Gasteiger partial charge on any atom is -0.315 e. The fourth-order valence-electron chi connectivity index (χ4n) is 3.02. The molecule has 0 fully saturated rings. The van der Waals surface area contributed by atoms with E-state index in [1.54, 1.807) is 16.8 Å². The molecule has 1 aromatic heterocycles. The van der Waals surface area contributed by atoms with Gasteiger partial charge in [-0.3, -0.25) is 4.79 Å². The lowest BCUT2D eigenvalue weighted by atomic mass is 9.92. The molecule has 3 aromatic rings. The largest absolute Gasteiger partial charge is 0.322 e. The molecule has 0 aliphatic heterocycles. The molecule has 1 heterocycles. The summed E-state index contributed by atoms with van der Waals surface area (Å²) >= 11 is 3.37. The normalized spacial score (nSPS) is 11.2. The van der Waals surface area contributed by atoms with Gasteiger partial charge in [0.05, 0.1) is 11.4 Å². The van der Waals surface area contributed by atoms with Crippen LogP contribution in [-0.4, -0.2) is 39.7 Å². The number of carbonyl (C=O) groups excluding carboxylic acids is 2. The molecule has 2 N–H and O–H groups in total. The van der Waals surface area contributed by atoms with Crippen LogP contribution in [0.2, 0.25) is 0 Å². The van der Waals surface area contributed by atoms with Crippen LogP contribution in [0.25, 0.3) is 5.69 Å². The molecule has 0 saturated carbocycles. The number of hydrogen-bond donors (Lipinski definition) is 2. The number of nitrogens with one attached hydrogen (secondary N) is 2. The second-order valence-electron chi connectivity index (χ2n) is 8.41. The highest BCUT2D eigenvalue weighted by atomic mass is 79.9. The van der Waals surface area contributed by atoms with E-state index in [4.69, 9.17) is 5.10 Å². The molecule has 0 bridgehead atoms. The molecular weight excluding hydrogens is 470 g/mol. The van der Waals surface area contributed by atoms with Gasteiger partial charge in [0.15, 0.2) is 0 Å². The molecule has 0 atom stereocenters. The Kier molecular flexibility index (Phi) is 7.35. The van der Waals surface area contributed by atoms with Crippen LogP contribution in [0, 0.1) is 0 Å². The summed E-state index contributed by atoms with van der Waals surface area (Å²) in [6, 6.07) is 18.4. The van der Waals surface area contributed by atoms with Crippen LogP contribution in [0.15, 0.2) is 65.1 Å². The fourth-order valence-corrected chi connectivity index (χ4v) is 3.29. The summed E-state index contributed by atoms with van der Waals surface area (Å²) < 4.78 is 2.64. The Bertz CT molecular complexity index is 1070. The molecule has 0 aliphatic rings. The molecule has 168 valence electrons. The van der Waals surface area contributed by atoms with Crippen molar-refractivity contribution in [3.05, 3.63) is 70.8 Å². The monoisotopic (exact) mass is 497 g/mol. The number of amides is 3. The average Bonchev–Trinajstić information content (AvgIpc) is 3.18. The molecule has 3 amide bonds. The third-order valence-corrected chi connectivity index (χ3v) is 5.37. The standard InChI is InChI=1S/C24H28BrN5O2/c1-5-29(23(32)26-18-13-11-17(25)12-14-18)16-22(31)27-21-15-20(24(2,3)4)28-30(21)19-9-7-6-8-10-19/h6-15H,5,16H2,1-4H3,(H,26,32)(H,27,31). The first-order chi connectivity index (χ1) is 15.2. The van der Waals surface area contributed by atoms with Gasteiger partial charge < -0.3 is 15.5 Å². The smallest absolute Gasteiger partial charge is 0.315 e. The molecule has 0 saturated heterocycles. The van der Waals surface area contributed by atoms with Gasteiger partial charge in [-0.25, -0.2) is 9.48 Å². The second kappa shape index (κ2) is 9.99. The Morgan fingerprint density at radius 2 is 1.69 bits per heavy atom. The van der Waals surface area contributed by atoms with Crippen molar-refractivity contribution in [2.75, 3.05) is 23.7 Å². The number of aromatic nitrogens is 2. The SMILES string of the molecule is CCN(CC(=O)Nc1cc(C(C)(C)C)nn1-c1ccccc1)C(=O)Nc1ccc(Br)cc1. The van der Waals surface area contributed by atoms with E-state index in [0.29, 0.717) is 18.1 Å². The van der Waals surface area contributed by atoms with E-state index in [9.17, 15) is 9.59 Å². The van der Waals surface area contributed by atoms with Crippen LogP contribution in [0.4, 0.5) is 16.3 Å². The van der Waals surface area contributed by atoms with Gasteiger partial charge in [-0.1, -0.05) is 54.9 Å². The van der Waals surface area contributed by atoms with E-state index in [0.717, 1.165) is 15.9 Å². The molecular formula is C24H28BrN5O2. The number of halogens is 1. The maximum atomic E-state index is 12.8. The number of para-hydroxylation sites is 1. The predicted octanol–water partition coefficient (Wildman–Crippen LogP) is 5.42. The van der Waals surface area contributed by atoms with Crippen molar-refractivity contribution < 1.29 is 9.59 Å². The van der Waals surface area contributed by atoms with Gasteiger partial charge in [0, 0.05) is 28.2 Å². The van der Waals surface area contributed by atoms with Crippen molar-refractivity contribution in [1.82, 2.24) is 14.7 Å². The lowest BCUT2D eigenvalue weighted by Gasteiger charge is -2.21. The molecule has 8 heteroatoms. The number of rotatable bonds is 6. The van der Waals surface area contributed by atoms with Crippen molar-refractivity contribution in [1.29, 1.82) is 0 Å². The molecule has 3 rings (SSSR count). The van der Waals surface area contributed by atoms with Crippen LogP contribution >= 0.6 is 15.9 Å². The highest BCUT2D eigenvalue weighted by Crippen LogP contribution is 2.26. The minimum absolute atomic E-state index is 0.0797. The Morgan fingerprint density at radius 3 is 2.28 bits per heavy atom. The molecule has 0 unspecified atom stereocenters. The van der Waals surface area contributed by atoms with E-state index in [1.807, 2.05) is 55.5 Å². The van der Waals surface area contributed by atoms with Crippen molar-refractivity contribution in [2.24, 2.45) is 0 Å². The Balaban J connectivity index is 1.74. The lowest BCUT2D eigenvalue weighted by Crippen LogP contribution is -2.40. The van der Waals surface area contributed by atoms with Gasteiger partial charge in [0.1, 0.15) is 12.4 Å². The van der Waals surface area contributed by atoms with Gasteiger partial charge in [0.25, 0.3) is 0 Å². The average molecular weight is 498 g/mol. The summed E-state index contributed by atoms with van der Waals surface area (Å²) in [5, 5.41) is 10.5. The van der Waals surface area contributed by atoms with Gasteiger partial charge in [0.2, 0.25) is 5.91 Å². The highest BCUT2D eigenvalue weighted by Gasteiger charge is 2.22. The topological polar surface area (TPSA) is 79.3 Å². The zero-order valence-electron chi connectivity index (χ0n) is 18.7. The maximum Gasteiger partial charge on any atom is 0.322 e. The molecule has 32 heavy (non-hydrogen) atoms. The fraction of sp³-hybridized carbons (Fsp3) is 0.292.